The molecular weight excluding hydrogens is 688 g/mol. The summed E-state index contributed by atoms with van der Waals surface area (Å²) in [4.78, 5) is 20.8. The largest absolute Gasteiger partial charge is 0.494 e. The first-order chi connectivity index (χ1) is 26.4. The van der Waals surface area contributed by atoms with E-state index in [1.807, 2.05) is 60.7 Å². The number of carbonyl (C=O) groups is 2. The van der Waals surface area contributed by atoms with Crippen LogP contribution in [0.4, 0.5) is 0 Å². The SMILES string of the molecule is N#Cc1n[nH]nc1-c1ccc(OCCCCCCCCCC(=O)O)cc1.N#Cc1n[nH]nc1-c1ccc(OCCCCCCCCCCCC(=O)O)cc1. The highest BCUT2D eigenvalue weighted by atomic mass is 16.5. The van der Waals surface area contributed by atoms with Gasteiger partial charge in [0, 0.05) is 24.0 Å². The number of carboxylic acid groups (broad SMARTS) is 2. The fourth-order valence-corrected chi connectivity index (χ4v) is 5.70. The Morgan fingerprint density at radius 2 is 0.815 bits per heavy atom. The van der Waals surface area contributed by atoms with E-state index < -0.39 is 11.9 Å². The number of H-pyrrole nitrogens is 2. The Hall–Kier alpha value is -5.76. The summed E-state index contributed by atoms with van der Waals surface area (Å²) in [5.74, 6) is 0.208. The molecule has 0 saturated carbocycles. The summed E-state index contributed by atoms with van der Waals surface area (Å²) in [5.41, 5.74) is 3.32. The third kappa shape index (κ3) is 17.2. The minimum Gasteiger partial charge on any atom is -0.494 e. The van der Waals surface area contributed by atoms with E-state index in [0.29, 0.717) is 31.0 Å². The second-order valence-electron chi connectivity index (χ2n) is 13.0. The molecular formula is C40H52N8O6. The first-order valence-electron chi connectivity index (χ1n) is 18.9. The van der Waals surface area contributed by atoms with Gasteiger partial charge in [0.25, 0.3) is 0 Å². The number of ether oxygens (including phenoxy) is 2. The molecule has 0 unspecified atom stereocenters. The van der Waals surface area contributed by atoms with Crippen molar-refractivity contribution in [3.8, 4) is 46.2 Å². The van der Waals surface area contributed by atoms with Crippen LogP contribution in [-0.4, -0.2) is 66.2 Å². The van der Waals surface area contributed by atoms with Gasteiger partial charge >= 0.3 is 11.9 Å². The minimum absolute atomic E-state index is 0.279. The Bertz CT molecular complexity index is 1720. The molecule has 14 heteroatoms. The van der Waals surface area contributed by atoms with Crippen LogP contribution in [0.15, 0.2) is 48.5 Å². The molecule has 0 radical (unpaired) electrons. The maximum atomic E-state index is 10.4. The van der Waals surface area contributed by atoms with Crippen LogP contribution < -0.4 is 9.47 Å². The number of benzene rings is 2. The Morgan fingerprint density at radius 1 is 0.500 bits per heavy atom. The molecule has 54 heavy (non-hydrogen) atoms. The van der Waals surface area contributed by atoms with Crippen LogP contribution in [0.5, 0.6) is 11.5 Å². The zero-order chi connectivity index (χ0) is 38.6. The average molecular weight is 741 g/mol. The maximum absolute atomic E-state index is 10.4. The van der Waals surface area contributed by atoms with Gasteiger partial charge in [-0.2, -0.15) is 31.1 Å². The van der Waals surface area contributed by atoms with Crippen LogP contribution in [0.3, 0.4) is 0 Å². The van der Waals surface area contributed by atoms with Gasteiger partial charge < -0.3 is 19.7 Å². The van der Waals surface area contributed by atoms with Crippen molar-refractivity contribution in [1.82, 2.24) is 30.8 Å². The molecule has 288 valence electrons. The van der Waals surface area contributed by atoms with Gasteiger partial charge in [-0.1, -0.05) is 77.0 Å². The van der Waals surface area contributed by atoms with Crippen LogP contribution >= 0.6 is 0 Å². The standard InChI is InChI=1S/C21H28N4O3.C19H24N4O3/c22-16-19-21(24-25-23-19)17-11-13-18(14-12-17)28-15-9-7-5-3-1-2-4-6-8-10-20(26)27;20-14-17-19(22-23-21-17)15-9-11-16(12-10-15)26-13-7-5-3-1-2-4-6-8-18(24)25/h11-14H,1-10,15H2,(H,26,27)(H,23,24,25);9-12H,1-8,13H2,(H,24,25)(H,21,22,23). The zero-order valence-electron chi connectivity index (χ0n) is 31.0. The highest BCUT2D eigenvalue weighted by molar-refractivity contribution is 5.67. The van der Waals surface area contributed by atoms with Crippen molar-refractivity contribution in [2.24, 2.45) is 0 Å². The number of aromatic nitrogens is 6. The molecule has 4 N–H and O–H groups in total. The topological polar surface area (TPSA) is 224 Å². The molecule has 0 fully saturated rings. The fourth-order valence-electron chi connectivity index (χ4n) is 5.70. The highest BCUT2D eigenvalue weighted by Crippen LogP contribution is 2.24. The quantitative estimate of drug-likeness (QED) is 0.0444. The number of nitriles is 2. The number of carboxylic acids is 2. The normalized spacial score (nSPS) is 10.5. The number of hydrogen-bond acceptors (Lipinski definition) is 10. The van der Waals surface area contributed by atoms with Crippen LogP contribution in [0.1, 0.15) is 127 Å². The molecule has 0 aliphatic rings. The van der Waals surface area contributed by atoms with Crippen molar-refractivity contribution >= 4 is 11.9 Å². The van der Waals surface area contributed by atoms with E-state index in [0.717, 1.165) is 99.7 Å². The predicted molar refractivity (Wildman–Crippen MR) is 202 cm³/mol. The number of rotatable bonds is 26. The van der Waals surface area contributed by atoms with Crippen molar-refractivity contribution in [2.45, 2.75) is 116 Å². The average Bonchev–Trinajstić information content (AvgIpc) is 3.87. The molecule has 0 spiro atoms. The molecule has 0 aliphatic heterocycles. The first kappa shape index (κ1) is 42.7. The summed E-state index contributed by atoms with van der Waals surface area (Å²) in [5, 5.41) is 55.6. The lowest BCUT2D eigenvalue weighted by Gasteiger charge is -2.07. The Balaban J connectivity index is 0.000000291. The second kappa shape index (κ2) is 26.1. The summed E-state index contributed by atoms with van der Waals surface area (Å²) >= 11 is 0. The molecule has 0 bridgehead atoms. The van der Waals surface area contributed by atoms with Crippen molar-refractivity contribution in [2.75, 3.05) is 13.2 Å². The zero-order valence-corrected chi connectivity index (χ0v) is 31.0. The number of unbranched alkanes of at least 4 members (excludes halogenated alkanes) is 14. The fraction of sp³-hybridized carbons (Fsp3) is 0.500. The van der Waals surface area contributed by atoms with Crippen molar-refractivity contribution in [3.63, 3.8) is 0 Å². The third-order valence-corrected chi connectivity index (χ3v) is 8.67. The van der Waals surface area contributed by atoms with Crippen LogP contribution in [0.2, 0.25) is 0 Å². The monoisotopic (exact) mass is 740 g/mol. The van der Waals surface area contributed by atoms with Gasteiger partial charge in [0.05, 0.1) is 13.2 Å². The smallest absolute Gasteiger partial charge is 0.303 e. The van der Waals surface area contributed by atoms with Crippen LogP contribution in [0, 0.1) is 22.7 Å². The summed E-state index contributed by atoms with van der Waals surface area (Å²) in [6.45, 7) is 1.37. The summed E-state index contributed by atoms with van der Waals surface area (Å²) in [6.07, 6.45) is 17.8. The lowest BCUT2D eigenvalue weighted by atomic mass is 10.1. The maximum Gasteiger partial charge on any atom is 0.303 e. The van der Waals surface area contributed by atoms with E-state index >= 15 is 0 Å². The molecule has 4 aromatic rings. The van der Waals surface area contributed by atoms with Crippen molar-refractivity contribution in [3.05, 3.63) is 59.9 Å². The van der Waals surface area contributed by atoms with Gasteiger partial charge in [0.1, 0.15) is 35.0 Å². The Labute approximate surface area is 316 Å². The molecule has 0 atom stereocenters. The molecule has 14 nitrogen and oxygen atoms in total. The van der Waals surface area contributed by atoms with E-state index in [-0.39, 0.29) is 17.8 Å². The van der Waals surface area contributed by atoms with Crippen molar-refractivity contribution < 1.29 is 29.3 Å². The van der Waals surface area contributed by atoms with Gasteiger partial charge in [0.15, 0.2) is 11.4 Å². The molecule has 0 saturated heterocycles. The van der Waals surface area contributed by atoms with Crippen molar-refractivity contribution in [1.29, 1.82) is 10.5 Å². The molecule has 4 rings (SSSR count). The van der Waals surface area contributed by atoms with Crippen LogP contribution in [-0.2, 0) is 9.59 Å². The number of aromatic amines is 2. The molecule has 2 aromatic carbocycles. The first-order valence-corrected chi connectivity index (χ1v) is 18.9. The number of hydrogen-bond donors (Lipinski definition) is 4. The lowest BCUT2D eigenvalue weighted by Crippen LogP contribution is -1.97. The number of aliphatic carboxylic acids is 2. The Kier molecular flexibility index (Phi) is 20.6. The number of nitrogens with zero attached hydrogens (tertiary/aromatic N) is 6. The van der Waals surface area contributed by atoms with Gasteiger partial charge in [-0.15, -0.1) is 10.2 Å². The number of nitrogens with one attached hydrogen (secondary N) is 2. The van der Waals surface area contributed by atoms with Gasteiger partial charge in [-0.3, -0.25) is 9.59 Å². The van der Waals surface area contributed by atoms with E-state index in [2.05, 4.69) is 30.8 Å². The van der Waals surface area contributed by atoms with Gasteiger partial charge in [0.2, 0.25) is 0 Å². The summed E-state index contributed by atoms with van der Waals surface area (Å²) in [7, 11) is 0. The van der Waals surface area contributed by atoms with E-state index in [1.165, 1.54) is 25.7 Å². The van der Waals surface area contributed by atoms with E-state index in [9.17, 15) is 9.59 Å². The summed E-state index contributed by atoms with van der Waals surface area (Å²) in [6, 6.07) is 19.0. The lowest BCUT2D eigenvalue weighted by molar-refractivity contribution is -0.138. The van der Waals surface area contributed by atoms with Crippen LogP contribution in [0.25, 0.3) is 22.5 Å². The minimum atomic E-state index is -0.707. The summed E-state index contributed by atoms with van der Waals surface area (Å²) < 4.78 is 11.5. The predicted octanol–water partition coefficient (Wildman–Crippen LogP) is 8.64. The Morgan fingerprint density at radius 3 is 1.13 bits per heavy atom. The highest BCUT2D eigenvalue weighted by Gasteiger charge is 2.11. The molecule has 0 amide bonds. The van der Waals surface area contributed by atoms with Gasteiger partial charge in [-0.25, -0.2) is 0 Å². The van der Waals surface area contributed by atoms with Gasteiger partial charge in [-0.05, 0) is 74.2 Å². The van der Waals surface area contributed by atoms with E-state index in [4.69, 9.17) is 30.2 Å². The second-order valence-corrected chi connectivity index (χ2v) is 13.0. The third-order valence-electron chi connectivity index (χ3n) is 8.67. The van der Waals surface area contributed by atoms with E-state index in [1.54, 1.807) is 0 Å². The molecule has 0 aliphatic carbocycles. The molecule has 2 heterocycles. The molecule has 2 aromatic heterocycles.